The van der Waals surface area contributed by atoms with Gasteiger partial charge in [0.05, 0.1) is 12.7 Å². The summed E-state index contributed by atoms with van der Waals surface area (Å²) in [6, 6.07) is 6.58. The zero-order valence-electron chi connectivity index (χ0n) is 12.8. The van der Waals surface area contributed by atoms with E-state index in [1.165, 1.54) is 12.1 Å². The van der Waals surface area contributed by atoms with Gasteiger partial charge < -0.3 is 4.74 Å². The number of nitrogens with zero attached hydrogens (tertiary/aromatic N) is 3. The summed E-state index contributed by atoms with van der Waals surface area (Å²) in [5.41, 5.74) is 9.17. The normalized spacial score (nSPS) is 13.5. The number of hydrogen-bond donors (Lipinski definition) is 0. The molecule has 1 aromatic rings. The first kappa shape index (κ1) is 17.5. The molecule has 4 nitrogen and oxygen atoms in total. The van der Waals surface area contributed by atoms with Crippen LogP contribution in [0.5, 0.6) is 0 Å². The maximum atomic E-state index is 13.5. The van der Waals surface area contributed by atoms with Crippen molar-refractivity contribution in [2.24, 2.45) is 11.0 Å². The largest absolute Gasteiger partial charge is 0.373 e. The molecule has 0 saturated carbocycles. The third-order valence-electron chi connectivity index (χ3n) is 3.61. The van der Waals surface area contributed by atoms with E-state index in [1.807, 2.05) is 6.07 Å². The quantitative estimate of drug-likeness (QED) is 0.246. The van der Waals surface area contributed by atoms with Crippen LogP contribution in [0.1, 0.15) is 51.2 Å². The van der Waals surface area contributed by atoms with Crippen LogP contribution in [0.15, 0.2) is 29.4 Å². The number of benzene rings is 1. The number of halogens is 1. The summed E-state index contributed by atoms with van der Waals surface area (Å²) in [7, 11) is 0. The molecule has 0 aliphatic rings. The van der Waals surface area contributed by atoms with Crippen LogP contribution in [0.2, 0.25) is 0 Å². The van der Waals surface area contributed by atoms with E-state index >= 15 is 0 Å². The highest BCUT2D eigenvalue weighted by atomic mass is 19.1. The molecular weight excluding hydrogens is 269 g/mol. The van der Waals surface area contributed by atoms with Crippen molar-refractivity contribution in [3.8, 4) is 0 Å². The van der Waals surface area contributed by atoms with Gasteiger partial charge in [-0.3, -0.25) is 0 Å². The SMILES string of the molecule is CCCC[C@H](CC)[C@@H](OCCN=[N+]=[N-])c1cccc(F)c1. The molecule has 0 aliphatic heterocycles. The van der Waals surface area contributed by atoms with Gasteiger partial charge in [-0.15, -0.1) is 0 Å². The van der Waals surface area contributed by atoms with Crippen molar-refractivity contribution < 1.29 is 9.13 Å². The molecule has 0 unspecified atom stereocenters. The Morgan fingerprint density at radius 1 is 1.38 bits per heavy atom. The molecule has 0 fully saturated rings. The lowest BCUT2D eigenvalue weighted by Gasteiger charge is -2.27. The van der Waals surface area contributed by atoms with E-state index in [1.54, 1.807) is 6.07 Å². The van der Waals surface area contributed by atoms with Crippen molar-refractivity contribution in [1.29, 1.82) is 0 Å². The Morgan fingerprint density at radius 2 is 2.19 bits per heavy atom. The molecule has 1 aromatic carbocycles. The first-order chi connectivity index (χ1) is 10.2. The van der Waals surface area contributed by atoms with Gasteiger partial charge in [-0.1, -0.05) is 50.4 Å². The van der Waals surface area contributed by atoms with Crippen LogP contribution < -0.4 is 0 Å². The predicted octanol–water partition coefficient (Wildman–Crippen LogP) is 5.41. The van der Waals surface area contributed by atoms with Crippen LogP contribution in [0, 0.1) is 11.7 Å². The number of unbranched alkanes of at least 4 members (excludes halogenated alkanes) is 1. The molecule has 0 amide bonds. The lowest BCUT2D eigenvalue weighted by Crippen LogP contribution is -2.17. The molecule has 21 heavy (non-hydrogen) atoms. The van der Waals surface area contributed by atoms with Crippen molar-refractivity contribution >= 4 is 0 Å². The standard InChI is InChI=1S/C16H24FN3O/c1-3-5-7-13(4-2)16(21-11-10-19-20-18)14-8-6-9-15(17)12-14/h6,8-9,12-13,16H,3-5,7,10-11H2,1-2H3/t13-,16+/m0/s1. The van der Waals surface area contributed by atoms with Gasteiger partial charge in [0.25, 0.3) is 0 Å². The van der Waals surface area contributed by atoms with Crippen molar-refractivity contribution in [2.45, 2.75) is 45.6 Å². The number of rotatable bonds is 10. The molecule has 116 valence electrons. The number of ether oxygens (including phenoxy) is 1. The lowest BCUT2D eigenvalue weighted by atomic mass is 9.89. The lowest BCUT2D eigenvalue weighted by molar-refractivity contribution is 0.00986. The topological polar surface area (TPSA) is 58.0 Å². The van der Waals surface area contributed by atoms with Crippen LogP contribution in [0.3, 0.4) is 0 Å². The van der Waals surface area contributed by atoms with E-state index in [-0.39, 0.29) is 11.9 Å². The first-order valence-corrected chi connectivity index (χ1v) is 7.60. The minimum absolute atomic E-state index is 0.147. The molecule has 0 aromatic heterocycles. The monoisotopic (exact) mass is 293 g/mol. The van der Waals surface area contributed by atoms with Gasteiger partial charge >= 0.3 is 0 Å². The zero-order chi connectivity index (χ0) is 15.5. The highest BCUT2D eigenvalue weighted by molar-refractivity contribution is 5.19. The Morgan fingerprint density at radius 3 is 2.81 bits per heavy atom. The minimum atomic E-state index is -0.249. The van der Waals surface area contributed by atoms with Crippen LogP contribution >= 0.6 is 0 Å². The fraction of sp³-hybridized carbons (Fsp3) is 0.625. The molecule has 2 atom stereocenters. The second-order valence-electron chi connectivity index (χ2n) is 5.11. The van der Waals surface area contributed by atoms with Crippen LogP contribution in [-0.4, -0.2) is 13.2 Å². The van der Waals surface area contributed by atoms with E-state index < -0.39 is 0 Å². The fourth-order valence-electron chi connectivity index (χ4n) is 2.49. The van der Waals surface area contributed by atoms with Crippen LogP contribution in [-0.2, 0) is 4.74 Å². The summed E-state index contributed by atoms with van der Waals surface area (Å²) < 4.78 is 19.4. The third-order valence-corrected chi connectivity index (χ3v) is 3.61. The Labute approximate surface area is 125 Å². The van der Waals surface area contributed by atoms with E-state index in [0.29, 0.717) is 19.1 Å². The average molecular weight is 293 g/mol. The molecule has 5 heteroatoms. The summed E-state index contributed by atoms with van der Waals surface area (Å²) >= 11 is 0. The molecular formula is C16H24FN3O. The second kappa shape index (κ2) is 10.2. The average Bonchev–Trinajstić information content (AvgIpc) is 2.49. The highest BCUT2D eigenvalue weighted by Crippen LogP contribution is 2.32. The van der Waals surface area contributed by atoms with Gasteiger partial charge in [0.1, 0.15) is 5.82 Å². The first-order valence-electron chi connectivity index (χ1n) is 7.60. The van der Waals surface area contributed by atoms with E-state index in [4.69, 9.17) is 10.3 Å². The smallest absolute Gasteiger partial charge is 0.123 e. The van der Waals surface area contributed by atoms with Gasteiger partial charge in [-0.05, 0) is 35.6 Å². The van der Waals surface area contributed by atoms with Gasteiger partial charge in [-0.2, -0.15) is 0 Å². The summed E-state index contributed by atoms with van der Waals surface area (Å²) in [6.07, 6.45) is 4.14. The van der Waals surface area contributed by atoms with E-state index in [0.717, 1.165) is 31.2 Å². The van der Waals surface area contributed by atoms with E-state index in [9.17, 15) is 4.39 Å². The molecule has 0 spiro atoms. The molecule has 0 aliphatic carbocycles. The summed E-state index contributed by atoms with van der Waals surface area (Å²) in [6.45, 7) is 4.94. The van der Waals surface area contributed by atoms with E-state index in [2.05, 4.69) is 23.9 Å². The Kier molecular flexibility index (Phi) is 8.48. The van der Waals surface area contributed by atoms with Crippen LogP contribution in [0.25, 0.3) is 10.4 Å². The second-order valence-corrected chi connectivity index (χ2v) is 5.11. The highest BCUT2D eigenvalue weighted by Gasteiger charge is 2.22. The summed E-state index contributed by atoms with van der Waals surface area (Å²) in [5, 5.41) is 3.48. The van der Waals surface area contributed by atoms with Gasteiger partial charge in [0.15, 0.2) is 0 Å². The Balaban J connectivity index is 2.83. The van der Waals surface area contributed by atoms with Gasteiger partial charge in [0.2, 0.25) is 0 Å². The summed E-state index contributed by atoms with van der Waals surface area (Å²) in [4.78, 5) is 2.72. The molecule has 0 heterocycles. The third kappa shape index (κ3) is 6.15. The molecule has 1 rings (SSSR count). The summed E-state index contributed by atoms with van der Waals surface area (Å²) in [5.74, 6) is 0.0966. The maximum absolute atomic E-state index is 13.5. The van der Waals surface area contributed by atoms with Crippen molar-refractivity contribution in [3.05, 3.63) is 46.1 Å². The fourth-order valence-corrected chi connectivity index (χ4v) is 2.49. The van der Waals surface area contributed by atoms with Crippen molar-refractivity contribution in [1.82, 2.24) is 0 Å². The number of hydrogen-bond acceptors (Lipinski definition) is 2. The molecule has 0 N–H and O–H groups in total. The Hall–Kier alpha value is -1.58. The van der Waals surface area contributed by atoms with Crippen molar-refractivity contribution in [2.75, 3.05) is 13.2 Å². The van der Waals surface area contributed by atoms with Gasteiger partial charge in [-0.25, -0.2) is 4.39 Å². The zero-order valence-corrected chi connectivity index (χ0v) is 12.8. The maximum Gasteiger partial charge on any atom is 0.123 e. The molecule has 0 radical (unpaired) electrons. The van der Waals surface area contributed by atoms with Gasteiger partial charge in [0, 0.05) is 11.5 Å². The minimum Gasteiger partial charge on any atom is -0.373 e. The molecule has 0 saturated heterocycles. The predicted molar refractivity (Wildman–Crippen MR) is 82.4 cm³/mol. The van der Waals surface area contributed by atoms with Crippen molar-refractivity contribution in [3.63, 3.8) is 0 Å². The van der Waals surface area contributed by atoms with Crippen LogP contribution in [0.4, 0.5) is 4.39 Å². The molecule has 0 bridgehead atoms. The number of azide groups is 1. The Bertz CT molecular complexity index is 461.